The van der Waals surface area contributed by atoms with E-state index in [1.165, 1.54) is 32.9 Å². The number of rotatable bonds is 5. The van der Waals surface area contributed by atoms with Gasteiger partial charge in [-0.1, -0.05) is 121 Å². The molecule has 0 bridgehead atoms. The minimum atomic E-state index is -0.265. The Balaban J connectivity index is 1.13. The molecule has 10 rings (SSSR count). The zero-order valence-corrected chi connectivity index (χ0v) is 27.0. The molecule has 1 aliphatic heterocycles. The largest absolute Gasteiger partial charge is 0.456 e. The molecule has 0 fully saturated rings. The molecule has 50 heavy (non-hydrogen) atoms. The van der Waals surface area contributed by atoms with Crippen molar-refractivity contribution < 1.29 is 4.42 Å². The van der Waals surface area contributed by atoms with Crippen LogP contribution in [0.15, 0.2) is 184 Å². The maximum absolute atomic E-state index is 6.41. The molecule has 1 atom stereocenters. The Bertz CT molecular complexity index is 2780. The minimum Gasteiger partial charge on any atom is -0.456 e. The number of aromatic nitrogens is 1. The quantitative estimate of drug-likeness (QED) is 0.203. The Morgan fingerprint density at radius 3 is 1.92 bits per heavy atom. The van der Waals surface area contributed by atoms with Gasteiger partial charge in [-0.2, -0.15) is 0 Å². The van der Waals surface area contributed by atoms with Gasteiger partial charge in [0.25, 0.3) is 0 Å². The fourth-order valence-electron chi connectivity index (χ4n) is 7.23. The number of benzene rings is 7. The molecular formula is C45H30N4O. The average molecular weight is 643 g/mol. The summed E-state index contributed by atoms with van der Waals surface area (Å²) in [6.07, 6.45) is -0.265. The van der Waals surface area contributed by atoms with Gasteiger partial charge in [0.2, 0.25) is 0 Å². The van der Waals surface area contributed by atoms with Gasteiger partial charge in [0.05, 0.1) is 11.0 Å². The third-order valence-corrected chi connectivity index (χ3v) is 9.66. The number of amidine groups is 2. The standard InChI is InChI=1S/C45H30N4O/c1-4-12-29(13-5-1)32-20-23-36-35-18-10-11-19-39(35)49(40(36)27-32)34-22-25-42-38(28-34)37-26-33(21-24-41(37)50-42)45-47-43(30-14-6-2-7-15-30)46-44(48-45)31-16-8-3-9-17-31/h1-28,43H,(H,46,47,48). The van der Waals surface area contributed by atoms with Crippen molar-refractivity contribution in [3.05, 3.63) is 187 Å². The number of nitrogens with one attached hydrogen (secondary N) is 1. The topological polar surface area (TPSA) is 54.8 Å². The third kappa shape index (κ3) is 4.71. The van der Waals surface area contributed by atoms with E-state index in [9.17, 15) is 0 Å². The van der Waals surface area contributed by atoms with Crippen LogP contribution >= 0.6 is 0 Å². The summed E-state index contributed by atoms with van der Waals surface area (Å²) in [7, 11) is 0. The average Bonchev–Trinajstić information content (AvgIpc) is 3.73. The Kier molecular flexibility index (Phi) is 6.49. The van der Waals surface area contributed by atoms with Crippen molar-refractivity contribution in [2.24, 2.45) is 9.98 Å². The summed E-state index contributed by atoms with van der Waals surface area (Å²) in [5.41, 5.74) is 10.5. The number of fused-ring (bicyclic) bond motifs is 6. The summed E-state index contributed by atoms with van der Waals surface area (Å²) in [4.78, 5) is 10.1. The molecule has 2 aromatic heterocycles. The first-order valence-electron chi connectivity index (χ1n) is 16.9. The molecule has 3 heterocycles. The normalized spacial score (nSPS) is 14.6. The van der Waals surface area contributed by atoms with Crippen molar-refractivity contribution in [1.82, 2.24) is 9.88 Å². The van der Waals surface area contributed by atoms with Gasteiger partial charge in [0.15, 0.2) is 5.84 Å². The van der Waals surface area contributed by atoms with Gasteiger partial charge < -0.3 is 14.3 Å². The lowest BCUT2D eigenvalue weighted by Crippen LogP contribution is -2.33. The van der Waals surface area contributed by atoms with E-state index >= 15 is 0 Å². The van der Waals surface area contributed by atoms with Crippen LogP contribution < -0.4 is 5.32 Å². The van der Waals surface area contributed by atoms with Crippen molar-refractivity contribution >= 4 is 55.4 Å². The lowest BCUT2D eigenvalue weighted by molar-refractivity contribution is 0.668. The van der Waals surface area contributed by atoms with Crippen molar-refractivity contribution in [2.75, 3.05) is 0 Å². The number of para-hydroxylation sites is 1. The molecule has 5 heteroatoms. The molecule has 0 spiro atoms. The SMILES string of the molecule is c1ccc(C2=NC(c3ccccc3)NC(c3ccc4oc5ccc(-n6c7ccccc7c7ccc(-c8ccccc8)cc76)cc5c4c3)=N2)cc1. The molecule has 0 saturated heterocycles. The lowest BCUT2D eigenvalue weighted by atomic mass is 10.0. The van der Waals surface area contributed by atoms with Crippen LogP contribution in [0.25, 0.3) is 60.6 Å². The predicted molar refractivity (Wildman–Crippen MR) is 205 cm³/mol. The fourth-order valence-corrected chi connectivity index (χ4v) is 7.23. The second-order valence-electron chi connectivity index (χ2n) is 12.7. The van der Waals surface area contributed by atoms with Crippen molar-refractivity contribution in [1.29, 1.82) is 0 Å². The van der Waals surface area contributed by atoms with Gasteiger partial charge in [-0.25, -0.2) is 9.98 Å². The van der Waals surface area contributed by atoms with Crippen molar-refractivity contribution in [2.45, 2.75) is 6.17 Å². The number of aliphatic imine (C=N–C) groups is 2. The van der Waals surface area contributed by atoms with E-state index in [-0.39, 0.29) is 6.17 Å². The summed E-state index contributed by atoms with van der Waals surface area (Å²) < 4.78 is 8.78. The molecule has 0 amide bonds. The van der Waals surface area contributed by atoms with Crippen molar-refractivity contribution in [3.8, 4) is 16.8 Å². The van der Waals surface area contributed by atoms with E-state index in [2.05, 4.69) is 137 Å². The molecule has 0 radical (unpaired) electrons. The highest BCUT2D eigenvalue weighted by atomic mass is 16.3. The van der Waals surface area contributed by atoms with Crippen LogP contribution in [0.3, 0.4) is 0 Å². The Hall–Kier alpha value is -6.72. The zero-order valence-electron chi connectivity index (χ0n) is 27.0. The van der Waals surface area contributed by atoms with E-state index in [1.54, 1.807) is 0 Å². The lowest BCUT2D eigenvalue weighted by Gasteiger charge is -2.23. The number of hydrogen-bond acceptors (Lipinski definition) is 4. The molecule has 7 aromatic carbocycles. The van der Waals surface area contributed by atoms with E-state index in [1.807, 2.05) is 42.5 Å². The highest BCUT2D eigenvalue weighted by Gasteiger charge is 2.22. The Labute approximate surface area is 288 Å². The molecular weight excluding hydrogens is 613 g/mol. The highest BCUT2D eigenvalue weighted by Crippen LogP contribution is 2.37. The van der Waals surface area contributed by atoms with E-state index in [4.69, 9.17) is 14.4 Å². The molecule has 1 unspecified atom stereocenters. The summed E-state index contributed by atoms with van der Waals surface area (Å²) in [6, 6.07) is 59.3. The third-order valence-electron chi connectivity index (χ3n) is 9.66. The van der Waals surface area contributed by atoms with Crippen LogP contribution in [0, 0.1) is 0 Å². The summed E-state index contributed by atoms with van der Waals surface area (Å²) in [5, 5.41) is 8.16. The van der Waals surface area contributed by atoms with E-state index in [0.717, 1.165) is 50.2 Å². The summed E-state index contributed by atoms with van der Waals surface area (Å²) in [5.74, 6) is 1.48. The zero-order chi connectivity index (χ0) is 33.0. The first kappa shape index (κ1) is 28.3. The summed E-state index contributed by atoms with van der Waals surface area (Å²) in [6.45, 7) is 0. The number of furan rings is 1. The monoisotopic (exact) mass is 642 g/mol. The van der Waals surface area contributed by atoms with Gasteiger partial charge in [0, 0.05) is 38.4 Å². The van der Waals surface area contributed by atoms with Crippen LogP contribution in [-0.2, 0) is 0 Å². The molecule has 0 saturated carbocycles. The Morgan fingerprint density at radius 1 is 0.480 bits per heavy atom. The molecule has 1 aliphatic rings. The second kappa shape index (κ2) is 11.5. The molecule has 236 valence electrons. The maximum atomic E-state index is 6.41. The minimum absolute atomic E-state index is 0.265. The van der Waals surface area contributed by atoms with E-state index < -0.39 is 0 Å². The van der Waals surface area contributed by atoms with Crippen LogP contribution in [0.4, 0.5) is 0 Å². The van der Waals surface area contributed by atoms with Crippen LogP contribution in [0.5, 0.6) is 0 Å². The van der Waals surface area contributed by atoms with Gasteiger partial charge in [-0.3, -0.25) is 0 Å². The maximum Gasteiger partial charge on any atom is 0.159 e. The van der Waals surface area contributed by atoms with Gasteiger partial charge in [0.1, 0.15) is 23.2 Å². The van der Waals surface area contributed by atoms with E-state index in [0.29, 0.717) is 5.84 Å². The fraction of sp³-hybridized carbons (Fsp3) is 0.0222. The first-order valence-corrected chi connectivity index (χ1v) is 16.9. The smallest absolute Gasteiger partial charge is 0.159 e. The predicted octanol–water partition coefficient (Wildman–Crippen LogP) is 10.8. The second-order valence-corrected chi connectivity index (χ2v) is 12.7. The molecule has 9 aromatic rings. The Morgan fingerprint density at radius 2 is 1.12 bits per heavy atom. The van der Waals surface area contributed by atoms with Gasteiger partial charge >= 0.3 is 0 Å². The van der Waals surface area contributed by atoms with Crippen molar-refractivity contribution in [3.63, 3.8) is 0 Å². The van der Waals surface area contributed by atoms with Gasteiger partial charge in [-0.15, -0.1) is 0 Å². The summed E-state index contributed by atoms with van der Waals surface area (Å²) >= 11 is 0. The van der Waals surface area contributed by atoms with Crippen LogP contribution in [-0.4, -0.2) is 16.2 Å². The molecule has 0 aliphatic carbocycles. The van der Waals surface area contributed by atoms with Crippen LogP contribution in [0.1, 0.15) is 22.9 Å². The highest BCUT2D eigenvalue weighted by molar-refractivity contribution is 6.16. The molecule has 1 N–H and O–H groups in total. The van der Waals surface area contributed by atoms with Crippen LogP contribution in [0.2, 0.25) is 0 Å². The number of nitrogens with zero attached hydrogens (tertiary/aromatic N) is 3. The first-order chi connectivity index (χ1) is 24.8. The number of hydrogen-bond donors (Lipinski definition) is 1. The van der Waals surface area contributed by atoms with Gasteiger partial charge in [-0.05, 0) is 65.2 Å². The molecule has 5 nitrogen and oxygen atoms in total.